The number of aromatic amines is 1. The summed E-state index contributed by atoms with van der Waals surface area (Å²) < 4.78 is 0. The molecule has 1 saturated carbocycles. The number of rotatable bonds is 4. The molecule has 3 nitrogen and oxygen atoms in total. The molecule has 3 heteroatoms. The van der Waals surface area contributed by atoms with E-state index in [0.717, 1.165) is 32.2 Å². The molecule has 0 spiro atoms. The van der Waals surface area contributed by atoms with Crippen LogP contribution in [-0.4, -0.2) is 22.2 Å². The maximum atomic E-state index is 10.4. The molecular formula is C16H22N2O. The molecule has 0 unspecified atom stereocenters. The zero-order valence-electron chi connectivity index (χ0n) is 11.3. The van der Waals surface area contributed by atoms with Crippen molar-refractivity contribution in [3.05, 3.63) is 36.0 Å². The highest BCUT2D eigenvalue weighted by Gasteiger charge is 2.28. The van der Waals surface area contributed by atoms with Gasteiger partial charge >= 0.3 is 0 Å². The van der Waals surface area contributed by atoms with Gasteiger partial charge in [-0.05, 0) is 35.9 Å². The molecule has 3 rings (SSSR count). The molecule has 0 atom stereocenters. The highest BCUT2D eigenvalue weighted by atomic mass is 16.3. The molecule has 0 saturated heterocycles. The Morgan fingerprint density at radius 3 is 2.84 bits per heavy atom. The number of benzene rings is 1. The zero-order chi connectivity index (χ0) is 13.1. The number of nitrogens with one attached hydrogen (secondary N) is 2. The lowest BCUT2D eigenvalue weighted by atomic mass is 9.85. The molecule has 19 heavy (non-hydrogen) atoms. The fourth-order valence-electron chi connectivity index (χ4n) is 3.03. The first-order valence-electron chi connectivity index (χ1n) is 7.24. The second-order valence-corrected chi connectivity index (χ2v) is 5.79. The quantitative estimate of drug-likeness (QED) is 0.789. The minimum absolute atomic E-state index is 0.477. The number of hydrogen-bond donors (Lipinski definition) is 3. The van der Waals surface area contributed by atoms with Crippen molar-refractivity contribution >= 4 is 10.9 Å². The number of aromatic nitrogens is 1. The van der Waals surface area contributed by atoms with Crippen molar-refractivity contribution in [1.82, 2.24) is 10.3 Å². The Labute approximate surface area is 114 Å². The van der Waals surface area contributed by atoms with Crippen LogP contribution in [0.15, 0.2) is 30.5 Å². The molecule has 102 valence electrons. The van der Waals surface area contributed by atoms with Gasteiger partial charge in [0.05, 0.1) is 5.60 Å². The number of H-pyrrole nitrogens is 1. The summed E-state index contributed by atoms with van der Waals surface area (Å²) in [5.41, 5.74) is 1.96. The van der Waals surface area contributed by atoms with E-state index in [1.54, 1.807) is 0 Å². The van der Waals surface area contributed by atoms with E-state index in [1.807, 2.05) is 6.20 Å². The van der Waals surface area contributed by atoms with Gasteiger partial charge in [-0.2, -0.15) is 0 Å². The summed E-state index contributed by atoms with van der Waals surface area (Å²) in [4.78, 5) is 3.23. The third-order valence-corrected chi connectivity index (χ3v) is 4.19. The van der Waals surface area contributed by atoms with Gasteiger partial charge in [0.15, 0.2) is 0 Å². The molecule has 0 amide bonds. The van der Waals surface area contributed by atoms with Crippen molar-refractivity contribution < 1.29 is 5.11 Å². The summed E-state index contributed by atoms with van der Waals surface area (Å²) in [5, 5.41) is 15.1. The second kappa shape index (κ2) is 5.35. The Kier molecular flexibility index (Phi) is 3.58. The molecule has 0 bridgehead atoms. The van der Waals surface area contributed by atoms with Gasteiger partial charge in [-0.25, -0.2) is 0 Å². The van der Waals surface area contributed by atoms with Crippen LogP contribution in [0.25, 0.3) is 10.9 Å². The molecule has 1 aromatic carbocycles. The molecule has 2 aromatic rings. The average molecular weight is 258 g/mol. The maximum Gasteiger partial charge on any atom is 0.0771 e. The fraction of sp³-hybridized carbons (Fsp3) is 0.500. The Hall–Kier alpha value is -1.32. The largest absolute Gasteiger partial charge is 0.389 e. The van der Waals surface area contributed by atoms with Crippen molar-refractivity contribution in [2.45, 2.75) is 44.2 Å². The molecule has 0 aliphatic heterocycles. The van der Waals surface area contributed by atoms with Crippen LogP contribution in [0, 0.1) is 0 Å². The molecule has 0 radical (unpaired) electrons. The average Bonchev–Trinajstić information content (AvgIpc) is 2.87. The first kappa shape index (κ1) is 12.7. The van der Waals surface area contributed by atoms with E-state index in [9.17, 15) is 5.11 Å². The van der Waals surface area contributed by atoms with E-state index >= 15 is 0 Å². The maximum absolute atomic E-state index is 10.4. The van der Waals surface area contributed by atoms with Crippen LogP contribution >= 0.6 is 0 Å². The first-order valence-corrected chi connectivity index (χ1v) is 7.24. The summed E-state index contributed by atoms with van der Waals surface area (Å²) in [7, 11) is 0. The van der Waals surface area contributed by atoms with Gasteiger partial charge in [-0.1, -0.05) is 31.4 Å². The molecule has 3 N–H and O–H groups in total. The summed E-state index contributed by atoms with van der Waals surface area (Å²) in [6.07, 6.45) is 7.43. The van der Waals surface area contributed by atoms with Crippen LogP contribution in [0.4, 0.5) is 0 Å². The van der Waals surface area contributed by atoms with Crippen LogP contribution in [0.5, 0.6) is 0 Å². The third kappa shape index (κ3) is 2.99. The molecule has 1 aliphatic rings. The van der Waals surface area contributed by atoms with Crippen LogP contribution < -0.4 is 5.32 Å². The van der Waals surface area contributed by atoms with Crippen molar-refractivity contribution in [2.75, 3.05) is 6.54 Å². The van der Waals surface area contributed by atoms with Crippen molar-refractivity contribution in [3.8, 4) is 0 Å². The van der Waals surface area contributed by atoms with Gasteiger partial charge in [0.25, 0.3) is 0 Å². The Balaban J connectivity index is 1.56. The van der Waals surface area contributed by atoms with Gasteiger partial charge in [0.2, 0.25) is 0 Å². The van der Waals surface area contributed by atoms with E-state index in [2.05, 4.69) is 34.6 Å². The monoisotopic (exact) mass is 258 g/mol. The highest BCUT2D eigenvalue weighted by molar-refractivity contribution is 5.79. The third-order valence-electron chi connectivity index (χ3n) is 4.19. The van der Waals surface area contributed by atoms with Crippen LogP contribution in [0.1, 0.15) is 37.7 Å². The predicted molar refractivity (Wildman–Crippen MR) is 78.0 cm³/mol. The first-order chi connectivity index (χ1) is 9.25. The molecule has 1 aromatic heterocycles. The number of hydrogen-bond acceptors (Lipinski definition) is 2. The van der Waals surface area contributed by atoms with Crippen LogP contribution in [0.3, 0.4) is 0 Å². The molecule has 1 fully saturated rings. The lowest BCUT2D eigenvalue weighted by Gasteiger charge is -2.32. The predicted octanol–water partition coefficient (Wildman–Crippen LogP) is 2.95. The topological polar surface area (TPSA) is 48.0 Å². The van der Waals surface area contributed by atoms with Gasteiger partial charge in [-0.15, -0.1) is 0 Å². The zero-order valence-corrected chi connectivity index (χ0v) is 11.3. The lowest BCUT2D eigenvalue weighted by Crippen LogP contribution is -2.41. The summed E-state index contributed by atoms with van der Waals surface area (Å²) in [6, 6.07) is 8.54. The smallest absolute Gasteiger partial charge is 0.0771 e. The van der Waals surface area contributed by atoms with Crippen LogP contribution in [0.2, 0.25) is 0 Å². The second-order valence-electron chi connectivity index (χ2n) is 5.79. The summed E-state index contributed by atoms with van der Waals surface area (Å²) in [6.45, 7) is 1.52. The number of fused-ring (bicyclic) bond motifs is 1. The Morgan fingerprint density at radius 1 is 1.16 bits per heavy atom. The van der Waals surface area contributed by atoms with E-state index in [-0.39, 0.29) is 0 Å². The summed E-state index contributed by atoms with van der Waals surface area (Å²) >= 11 is 0. The Morgan fingerprint density at radius 2 is 2.00 bits per heavy atom. The van der Waals surface area contributed by atoms with E-state index < -0.39 is 5.60 Å². The molecule has 1 heterocycles. The normalized spacial score (nSPS) is 18.8. The Bertz CT molecular complexity index is 540. The molecular weight excluding hydrogens is 236 g/mol. The van der Waals surface area contributed by atoms with Crippen molar-refractivity contribution in [1.29, 1.82) is 0 Å². The SMILES string of the molecule is OC1(CNCc2ccc3cc[nH]c3c2)CCCCC1. The van der Waals surface area contributed by atoms with E-state index in [1.165, 1.54) is 22.9 Å². The lowest BCUT2D eigenvalue weighted by molar-refractivity contribution is 0.00468. The van der Waals surface area contributed by atoms with Gasteiger partial charge in [-0.3, -0.25) is 0 Å². The van der Waals surface area contributed by atoms with E-state index in [4.69, 9.17) is 0 Å². The highest BCUT2D eigenvalue weighted by Crippen LogP contribution is 2.27. The number of aliphatic hydroxyl groups is 1. The van der Waals surface area contributed by atoms with E-state index in [0.29, 0.717) is 6.54 Å². The molecule has 1 aliphatic carbocycles. The fourth-order valence-corrected chi connectivity index (χ4v) is 3.03. The minimum Gasteiger partial charge on any atom is -0.389 e. The minimum atomic E-state index is -0.477. The van der Waals surface area contributed by atoms with Gasteiger partial charge in [0.1, 0.15) is 0 Å². The van der Waals surface area contributed by atoms with Gasteiger partial charge in [0, 0.05) is 24.8 Å². The van der Waals surface area contributed by atoms with Crippen molar-refractivity contribution in [2.24, 2.45) is 0 Å². The van der Waals surface area contributed by atoms with Gasteiger partial charge < -0.3 is 15.4 Å². The summed E-state index contributed by atoms with van der Waals surface area (Å²) in [5.74, 6) is 0. The van der Waals surface area contributed by atoms with Crippen LogP contribution in [-0.2, 0) is 6.54 Å². The van der Waals surface area contributed by atoms with Crippen molar-refractivity contribution in [3.63, 3.8) is 0 Å². The standard InChI is InChI=1S/C16H22N2O/c19-16(7-2-1-3-8-16)12-17-11-13-4-5-14-6-9-18-15(14)10-13/h4-6,9-10,17-19H,1-3,7-8,11-12H2.